The van der Waals surface area contributed by atoms with Crippen LogP contribution in [0.4, 0.5) is 11.8 Å². The number of aliphatic hydroxyl groups is 1. The van der Waals surface area contributed by atoms with Crippen molar-refractivity contribution < 1.29 is 5.11 Å². The lowest BCUT2D eigenvalue weighted by atomic mass is 9.90. The minimum absolute atomic E-state index is 0.0130. The predicted molar refractivity (Wildman–Crippen MR) is 87.7 cm³/mol. The first-order chi connectivity index (χ1) is 10.1. The van der Waals surface area contributed by atoms with Crippen LogP contribution < -0.4 is 10.6 Å². The number of aromatic nitrogens is 2. The third-order valence-corrected chi connectivity index (χ3v) is 3.46. The van der Waals surface area contributed by atoms with Crippen molar-refractivity contribution in [3.8, 4) is 0 Å². The molecule has 0 saturated carbocycles. The number of benzene rings is 1. The standard InChI is InChI=1S/C16H24N4O/c1-4-17-15-19-13-8-6-5-7-12(13)14(20-15)18-11-16(2,3)9-10-21/h5-8,21H,4,9-11H2,1-3H3,(H2,17,18,19,20). The smallest absolute Gasteiger partial charge is 0.225 e. The van der Waals surface area contributed by atoms with Gasteiger partial charge in [-0.05, 0) is 30.9 Å². The topological polar surface area (TPSA) is 70.1 Å². The van der Waals surface area contributed by atoms with Crippen molar-refractivity contribution in [2.45, 2.75) is 27.2 Å². The number of anilines is 2. The van der Waals surface area contributed by atoms with E-state index in [0.717, 1.165) is 36.2 Å². The van der Waals surface area contributed by atoms with Crippen LogP contribution in [-0.4, -0.2) is 34.8 Å². The van der Waals surface area contributed by atoms with Gasteiger partial charge < -0.3 is 15.7 Å². The number of nitrogens with zero attached hydrogens (tertiary/aromatic N) is 2. The quantitative estimate of drug-likeness (QED) is 0.731. The van der Waals surface area contributed by atoms with Gasteiger partial charge in [0.05, 0.1) is 5.52 Å². The van der Waals surface area contributed by atoms with Gasteiger partial charge in [-0.3, -0.25) is 0 Å². The second-order valence-corrected chi connectivity index (χ2v) is 5.93. The van der Waals surface area contributed by atoms with E-state index in [-0.39, 0.29) is 12.0 Å². The molecule has 0 unspecified atom stereocenters. The molecular weight excluding hydrogens is 264 g/mol. The summed E-state index contributed by atoms with van der Waals surface area (Å²) >= 11 is 0. The van der Waals surface area contributed by atoms with Crippen LogP contribution in [0, 0.1) is 5.41 Å². The number of para-hydroxylation sites is 1. The minimum atomic E-state index is 0.0130. The monoisotopic (exact) mass is 288 g/mol. The summed E-state index contributed by atoms with van der Waals surface area (Å²) in [6.45, 7) is 8.02. The SMILES string of the molecule is CCNc1nc(NCC(C)(C)CCO)c2ccccc2n1. The zero-order valence-electron chi connectivity index (χ0n) is 13.0. The Labute approximate surface area is 125 Å². The van der Waals surface area contributed by atoms with E-state index < -0.39 is 0 Å². The molecular formula is C16H24N4O. The second-order valence-electron chi connectivity index (χ2n) is 5.93. The zero-order valence-corrected chi connectivity index (χ0v) is 13.0. The van der Waals surface area contributed by atoms with Crippen molar-refractivity contribution in [2.24, 2.45) is 5.41 Å². The van der Waals surface area contributed by atoms with Crippen LogP contribution in [0.25, 0.3) is 10.9 Å². The van der Waals surface area contributed by atoms with Gasteiger partial charge >= 0.3 is 0 Å². The minimum Gasteiger partial charge on any atom is -0.396 e. The Kier molecular flexibility index (Phi) is 4.96. The fraction of sp³-hybridized carbons (Fsp3) is 0.500. The first-order valence-electron chi connectivity index (χ1n) is 7.41. The van der Waals surface area contributed by atoms with E-state index in [2.05, 4.69) is 34.4 Å². The molecule has 0 spiro atoms. The van der Waals surface area contributed by atoms with Gasteiger partial charge in [-0.1, -0.05) is 26.0 Å². The molecule has 0 aliphatic rings. The Morgan fingerprint density at radius 1 is 1.14 bits per heavy atom. The maximum Gasteiger partial charge on any atom is 0.225 e. The Bertz CT molecular complexity index is 598. The number of hydrogen-bond donors (Lipinski definition) is 3. The van der Waals surface area contributed by atoms with E-state index in [0.29, 0.717) is 5.95 Å². The number of rotatable bonds is 7. The van der Waals surface area contributed by atoms with Crippen LogP contribution in [0.3, 0.4) is 0 Å². The summed E-state index contributed by atoms with van der Waals surface area (Å²) in [5.74, 6) is 1.47. The lowest BCUT2D eigenvalue weighted by Crippen LogP contribution is -2.25. The van der Waals surface area contributed by atoms with Crippen molar-refractivity contribution in [1.82, 2.24) is 9.97 Å². The van der Waals surface area contributed by atoms with Gasteiger partial charge in [-0.25, -0.2) is 4.98 Å². The molecule has 1 aromatic carbocycles. The summed E-state index contributed by atoms with van der Waals surface area (Å²) in [5.41, 5.74) is 0.935. The normalized spacial score (nSPS) is 11.6. The van der Waals surface area contributed by atoms with Gasteiger partial charge in [0.15, 0.2) is 0 Å². The van der Waals surface area contributed by atoms with Crippen molar-refractivity contribution in [2.75, 3.05) is 30.3 Å². The molecule has 3 N–H and O–H groups in total. The van der Waals surface area contributed by atoms with Crippen molar-refractivity contribution >= 4 is 22.7 Å². The lowest BCUT2D eigenvalue weighted by molar-refractivity contribution is 0.220. The van der Waals surface area contributed by atoms with Gasteiger partial charge in [0.2, 0.25) is 5.95 Å². The molecule has 1 aromatic heterocycles. The predicted octanol–water partition coefficient (Wildman–Crippen LogP) is 2.88. The van der Waals surface area contributed by atoms with E-state index in [4.69, 9.17) is 5.11 Å². The third-order valence-electron chi connectivity index (χ3n) is 3.46. The molecule has 21 heavy (non-hydrogen) atoms. The van der Waals surface area contributed by atoms with Gasteiger partial charge in [-0.2, -0.15) is 4.98 Å². The molecule has 0 atom stereocenters. The number of nitrogens with one attached hydrogen (secondary N) is 2. The van der Waals surface area contributed by atoms with Crippen LogP contribution in [0.5, 0.6) is 0 Å². The third kappa shape index (κ3) is 4.04. The molecule has 2 aromatic rings. The fourth-order valence-corrected chi connectivity index (χ4v) is 2.16. The molecule has 1 heterocycles. The van der Waals surface area contributed by atoms with Crippen molar-refractivity contribution in [3.63, 3.8) is 0 Å². The highest BCUT2D eigenvalue weighted by molar-refractivity contribution is 5.90. The molecule has 0 bridgehead atoms. The molecule has 5 nitrogen and oxygen atoms in total. The highest BCUT2D eigenvalue weighted by atomic mass is 16.3. The summed E-state index contributed by atoms with van der Waals surface area (Å²) in [7, 11) is 0. The van der Waals surface area contributed by atoms with Crippen LogP contribution in [0.15, 0.2) is 24.3 Å². The zero-order chi connectivity index (χ0) is 15.3. The molecule has 0 aliphatic heterocycles. The van der Waals surface area contributed by atoms with Gasteiger partial charge in [0.1, 0.15) is 5.82 Å². The van der Waals surface area contributed by atoms with Gasteiger partial charge in [0.25, 0.3) is 0 Å². The summed E-state index contributed by atoms with van der Waals surface area (Å²) in [6.07, 6.45) is 0.753. The Morgan fingerprint density at radius 2 is 1.90 bits per heavy atom. The van der Waals surface area contributed by atoms with Crippen LogP contribution in [-0.2, 0) is 0 Å². The molecule has 2 rings (SSSR count). The van der Waals surface area contributed by atoms with E-state index in [9.17, 15) is 0 Å². The molecule has 5 heteroatoms. The fourth-order valence-electron chi connectivity index (χ4n) is 2.16. The highest BCUT2D eigenvalue weighted by Gasteiger charge is 2.18. The molecule has 0 radical (unpaired) electrons. The highest BCUT2D eigenvalue weighted by Crippen LogP contribution is 2.25. The van der Waals surface area contributed by atoms with Gasteiger partial charge in [0, 0.05) is 25.1 Å². The molecule has 0 aliphatic carbocycles. The van der Waals surface area contributed by atoms with Crippen molar-refractivity contribution in [3.05, 3.63) is 24.3 Å². The molecule has 0 saturated heterocycles. The van der Waals surface area contributed by atoms with Crippen molar-refractivity contribution in [1.29, 1.82) is 0 Å². The maximum absolute atomic E-state index is 9.12. The van der Waals surface area contributed by atoms with Crippen LogP contribution in [0.2, 0.25) is 0 Å². The van der Waals surface area contributed by atoms with Crippen LogP contribution >= 0.6 is 0 Å². The second kappa shape index (κ2) is 6.72. The van der Waals surface area contributed by atoms with E-state index in [1.54, 1.807) is 0 Å². The average Bonchev–Trinajstić information content (AvgIpc) is 2.45. The van der Waals surface area contributed by atoms with E-state index >= 15 is 0 Å². The Balaban J connectivity index is 2.28. The largest absolute Gasteiger partial charge is 0.396 e. The summed E-state index contributed by atoms with van der Waals surface area (Å²) in [6, 6.07) is 7.97. The first-order valence-corrected chi connectivity index (χ1v) is 7.41. The molecule has 0 fully saturated rings. The molecule has 114 valence electrons. The Morgan fingerprint density at radius 3 is 2.62 bits per heavy atom. The lowest BCUT2D eigenvalue weighted by Gasteiger charge is -2.24. The summed E-state index contributed by atoms with van der Waals surface area (Å²) < 4.78 is 0. The van der Waals surface area contributed by atoms with Crippen LogP contribution in [0.1, 0.15) is 27.2 Å². The Hall–Kier alpha value is -1.88. The summed E-state index contributed by atoms with van der Waals surface area (Å²) in [4.78, 5) is 9.06. The van der Waals surface area contributed by atoms with E-state index in [1.165, 1.54) is 0 Å². The van der Waals surface area contributed by atoms with E-state index in [1.807, 2.05) is 31.2 Å². The number of hydrogen-bond acceptors (Lipinski definition) is 5. The number of aliphatic hydroxyl groups excluding tert-OH is 1. The first kappa shape index (κ1) is 15.5. The summed E-state index contributed by atoms with van der Waals surface area (Å²) in [5, 5.41) is 16.7. The average molecular weight is 288 g/mol. The molecule has 0 amide bonds. The maximum atomic E-state index is 9.12. The van der Waals surface area contributed by atoms with Gasteiger partial charge in [-0.15, -0.1) is 0 Å². The number of fused-ring (bicyclic) bond motifs is 1.